The fraction of sp³-hybridized carbons (Fsp3) is 0.673. The van der Waals surface area contributed by atoms with Crippen LogP contribution in [-0.4, -0.2) is 117 Å². The molecule has 1 fully saturated rings. The Morgan fingerprint density at radius 1 is 0.592 bits per heavy atom. The van der Waals surface area contributed by atoms with E-state index in [1.807, 2.05) is 46.8 Å². The van der Waals surface area contributed by atoms with Gasteiger partial charge >= 0.3 is 0 Å². The molecular formula is C52H84N6O9S4. The van der Waals surface area contributed by atoms with E-state index in [9.17, 15) is 21.6 Å². The Bertz CT molecular complexity index is 2510. The lowest BCUT2D eigenvalue weighted by Gasteiger charge is -2.44. The van der Waals surface area contributed by atoms with Crippen LogP contribution in [0.5, 0.6) is 0 Å². The molecule has 71 heavy (non-hydrogen) atoms. The number of carbonyl (C=O) groups excluding carboxylic acids is 1. The van der Waals surface area contributed by atoms with Crippen LogP contribution in [0.1, 0.15) is 163 Å². The SMILES string of the molecule is CCCC(CCCC(C(CCCCS(=O)(=O)N1C=CC(C)=CC1)(CCCNC1CCCCCCCCCCC(=O)N1)S(=O)(=O)N1C=CC(C)=CC1)S(=O)(=O)N1C=CC(C)=CC1)S(=O)(=O)N1C=CC(C)=CC1. The molecule has 5 heterocycles. The molecule has 15 nitrogen and oxygen atoms in total. The molecule has 5 aliphatic rings. The second kappa shape index (κ2) is 27.0. The second-order valence-electron chi connectivity index (χ2n) is 20.1. The summed E-state index contributed by atoms with van der Waals surface area (Å²) in [5.74, 6) is -0.321. The summed E-state index contributed by atoms with van der Waals surface area (Å²) >= 11 is 0. The minimum absolute atomic E-state index is 0.0115. The Morgan fingerprint density at radius 3 is 1.62 bits per heavy atom. The van der Waals surface area contributed by atoms with E-state index in [1.54, 1.807) is 42.7 Å². The van der Waals surface area contributed by atoms with E-state index < -0.39 is 55.3 Å². The van der Waals surface area contributed by atoms with Gasteiger partial charge in [0, 0.05) is 31.2 Å². The zero-order chi connectivity index (χ0) is 51.7. The number of sulfonamides is 4. The van der Waals surface area contributed by atoms with Gasteiger partial charge in [-0.1, -0.05) is 118 Å². The van der Waals surface area contributed by atoms with Gasteiger partial charge in [-0.05, 0) is 116 Å². The molecule has 0 aromatic rings. The van der Waals surface area contributed by atoms with Crippen molar-refractivity contribution in [1.29, 1.82) is 0 Å². The number of nitrogens with zero attached hydrogens (tertiary/aromatic N) is 4. The van der Waals surface area contributed by atoms with Gasteiger partial charge in [0.15, 0.2) is 0 Å². The number of carbonyl (C=O) groups is 1. The van der Waals surface area contributed by atoms with Crippen LogP contribution in [0.15, 0.2) is 95.7 Å². The van der Waals surface area contributed by atoms with Crippen molar-refractivity contribution in [3.8, 4) is 0 Å². The topological polar surface area (TPSA) is 191 Å². The Hall–Kier alpha value is -3.65. The summed E-state index contributed by atoms with van der Waals surface area (Å²) in [4.78, 5) is 13.1. The van der Waals surface area contributed by atoms with Crippen LogP contribution in [0, 0.1) is 0 Å². The standard InChI is InChI=1S/C52H84N6O9S4/c1-6-19-48(69(62,63)56-37-26-45(3)27-38-56)20-17-21-49(70(64,65)57-39-28-46(4)29-40-57)52(71(66,67)58-41-30-47(5)31-42-58,32-15-16-43-68(60,61)55-35-24-44(2)25-36-55)33-18-34-53-50-22-13-11-9-7-8-10-12-14-23-51(59)54-50/h24-31,35,37,39,41,48-50,53H,6-23,32-34,36,38,40,42-43H2,1-5H3,(H,54,59). The highest BCUT2D eigenvalue weighted by Crippen LogP contribution is 2.44. The third-order valence-electron chi connectivity index (χ3n) is 14.6. The first-order chi connectivity index (χ1) is 33.7. The van der Waals surface area contributed by atoms with Crippen molar-refractivity contribution in [2.24, 2.45) is 0 Å². The lowest BCUT2D eigenvalue weighted by Crippen LogP contribution is -2.59. The lowest BCUT2D eigenvalue weighted by atomic mass is 9.89. The first-order valence-corrected chi connectivity index (χ1v) is 32.2. The van der Waals surface area contributed by atoms with Gasteiger partial charge in [-0.2, -0.15) is 0 Å². The lowest BCUT2D eigenvalue weighted by molar-refractivity contribution is -0.122. The van der Waals surface area contributed by atoms with Crippen LogP contribution in [0.4, 0.5) is 0 Å². The zero-order valence-electron chi connectivity index (χ0n) is 43.1. The van der Waals surface area contributed by atoms with Gasteiger partial charge in [-0.3, -0.25) is 27.3 Å². The summed E-state index contributed by atoms with van der Waals surface area (Å²) in [5.41, 5.74) is 3.60. The summed E-state index contributed by atoms with van der Waals surface area (Å²) < 4.78 is 122. The highest BCUT2D eigenvalue weighted by molar-refractivity contribution is 7.94. The van der Waals surface area contributed by atoms with Gasteiger partial charge in [0.2, 0.25) is 46.0 Å². The number of unbranched alkanes of at least 4 members (excludes halogenated alkanes) is 1. The molecule has 5 rings (SSSR count). The van der Waals surface area contributed by atoms with Crippen molar-refractivity contribution in [3.05, 3.63) is 95.7 Å². The first kappa shape index (κ1) is 58.2. The highest BCUT2D eigenvalue weighted by atomic mass is 32.2. The van der Waals surface area contributed by atoms with E-state index in [4.69, 9.17) is 0 Å². The highest BCUT2D eigenvalue weighted by Gasteiger charge is 2.57. The summed E-state index contributed by atoms with van der Waals surface area (Å²) in [5, 5.41) is 4.26. The van der Waals surface area contributed by atoms with E-state index in [-0.39, 0.29) is 102 Å². The Morgan fingerprint density at radius 2 is 1.08 bits per heavy atom. The third-order valence-corrected chi connectivity index (χ3v) is 23.7. The largest absolute Gasteiger partial charge is 0.341 e. The second-order valence-corrected chi connectivity index (χ2v) is 28.6. The first-order valence-electron chi connectivity index (χ1n) is 26.2. The molecule has 1 amide bonds. The van der Waals surface area contributed by atoms with Crippen LogP contribution >= 0.6 is 0 Å². The van der Waals surface area contributed by atoms with Gasteiger partial charge in [-0.15, -0.1) is 0 Å². The van der Waals surface area contributed by atoms with Crippen molar-refractivity contribution in [1.82, 2.24) is 27.9 Å². The molecule has 0 aliphatic carbocycles. The van der Waals surface area contributed by atoms with E-state index >= 15 is 16.8 Å². The molecular weight excluding hydrogens is 981 g/mol. The van der Waals surface area contributed by atoms with Crippen LogP contribution in [0.3, 0.4) is 0 Å². The maximum absolute atomic E-state index is 16.0. The normalized spacial score (nSPS) is 22.0. The van der Waals surface area contributed by atoms with Crippen molar-refractivity contribution in [2.75, 3.05) is 38.5 Å². The smallest absolute Gasteiger partial charge is 0.242 e. The van der Waals surface area contributed by atoms with Crippen molar-refractivity contribution in [2.45, 2.75) is 184 Å². The van der Waals surface area contributed by atoms with Crippen LogP contribution in [0.2, 0.25) is 0 Å². The number of hydrogen-bond acceptors (Lipinski definition) is 10. The molecule has 19 heteroatoms. The molecule has 0 saturated carbocycles. The van der Waals surface area contributed by atoms with E-state index in [2.05, 4.69) is 10.6 Å². The molecule has 1 saturated heterocycles. The van der Waals surface area contributed by atoms with E-state index in [0.717, 1.165) is 73.7 Å². The maximum atomic E-state index is 16.0. The third kappa shape index (κ3) is 16.2. The van der Waals surface area contributed by atoms with Crippen LogP contribution < -0.4 is 10.6 Å². The van der Waals surface area contributed by atoms with Crippen LogP contribution in [-0.2, 0) is 44.9 Å². The van der Waals surface area contributed by atoms with Crippen molar-refractivity contribution in [3.63, 3.8) is 0 Å². The molecule has 400 valence electrons. The number of nitrogens with one attached hydrogen (secondary N) is 2. The van der Waals surface area contributed by atoms with E-state index in [0.29, 0.717) is 25.7 Å². The Kier molecular flexibility index (Phi) is 22.2. The van der Waals surface area contributed by atoms with Crippen molar-refractivity contribution < 1.29 is 38.5 Å². The molecule has 0 aromatic heterocycles. The Labute approximate surface area is 428 Å². The fourth-order valence-electron chi connectivity index (χ4n) is 10.1. The van der Waals surface area contributed by atoms with Gasteiger partial charge in [-0.25, -0.2) is 33.7 Å². The summed E-state index contributed by atoms with van der Waals surface area (Å²) in [6.07, 6.45) is 30.1. The monoisotopic (exact) mass is 1060 g/mol. The average Bonchev–Trinajstić information content (AvgIpc) is 3.35. The molecule has 2 N–H and O–H groups in total. The predicted octanol–water partition coefficient (Wildman–Crippen LogP) is 8.75. The zero-order valence-corrected chi connectivity index (χ0v) is 46.4. The number of rotatable bonds is 24. The molecule has 4 unspecified atom stereocenters. The summed E-state index contributed by atoms with van der Waals surface area (Å²) in [6, 6.07) is 0. The fourth-order valence-corrected chi connectivity index (χ4v) is 18.4. The Balaban J connectivity index is 1.56. The van der Waals surface area contributed by atoms with E-state index in [1.165, 1.54) is 35.8 Å². The minimum atomic E-state index is -4.60. The van der Waals surface area contributed by atoms with Gasteiger partial charge in [0.05, 0.1) is 43.3 Å². The molecule has 0 spiro atoms. The molecule has 0 aromatic carbocycles. The summed E-state index contributed by atoms with van der Waals surface area (Å²) in [6.45, 7) is 10.0. The average molecular weight is 1070 g/mol. The van der Waals surface area contributed by atoms with Gasteiger partial charge in [0.25, 0.3) is 0 Å². The van der Waals surface area contributed by atoms with Crippen LogP contribution in [0.25, 0.3) is 0 Å². The maximum Gasteiger partial charge on any atom is 0.242 e. The molecule has 4 atom stereocenters. The van der Waals surface area contributed by atoms with Gasteiger partial charge < -0.3 is 5.32 Å². The van der Waals surface area contributed by atoms with Crippen molar-refractivity contribution >= 4 is 46.0 Å². The predicted molar refractivity (Wildman–Crippen MR) is 287 cm³/mol. The molecule has 0 radical (unpaired) electrons. The number of hydrogen-bond donors (Lipinski definition) is 2. The molecule has 5 aliphatic heterocycles. The number of allylic oxidation sites excluding steroid dienone is 8. The molecule has 0 bridgehead atoms. The summed E-state index contributed by atoms with van der Waals surface area (Å²) in [7, 11) is -16.8. The minimum Gasteiger partial charge on any atom is -0.341 e. The quantitative estimate of drug-likeness (QED) is 0.0884. The van der Waals surface area contributed by atoms with Gasteiger partial charge in [0.1, 0.15) is 10.00 Å². The number of amides is 1.